The average molecular weight is 485 g/mol. The zero-order valence-electron chi connectivity index (χ0n) is 18.0. The first-order valence-electron chi connectivity index (χ1n) is 10.9. The number of fused-ring (bicyclic) bond motifs is 1. The number of benzene rings is 2. The number of anilines is 2. The number of amides is 1. The van der Waals surface area contributed by atoms with Gasteiger partial charge in [-0.15, -0.1) is 21.8 Å². The number of nitrogens with one attached hydrogen (secondary N) is 4. The molecule has 1 aliphatic heterocycles. The minimum absolute atomic E-state index is 0.0220. The smallest absolute Gasteiger partial charge is 0.255 e. The number of rotatable bonds is 6. The van der Waals surface area contributed by atoms with Crippen LogP contribution in [0.5, 0.6) is 5.75 Å². The molecule has 8 nitrogen and oxygen atoms in total. The van der Waals surface area contributed by atoms with E-state index in [1.165, 1.54) is 11.3 Å². The number of methoxy groups -OCH3 is 1. The fourth-order valence-electron chi connectivity index (χ4n) is 4.40. The van der Waals surface area contributed by atoms with Crippen molar-refractivity contribution in [3.8, 4) is 16.3 Å². The number of nitrogens with zero attached hydrogens (tertiary/aromatic N) is 2. The summed E-state index contributed by atoms with van der Waals surface area (Å²) < 4.78 is 5.20. The van der Waals surface area contributed by atoms with Crippen molar-refractivity contribution in [3.63, 3.8) is 0 Å². The van der Waals surface area contributed by atoms with E-state index in [1.54, 1.807) is 31.4 Å². The molecular weight excluding hydrogens is 460 g/mol. The van der Waals surface area contributed by atoms with Gasteiger partial charge in [0.15, 0.2) is 0 Å². The van der Waals surface area contributed by atoms with Crippen LogP contribution < -0.4 is 26.2 Å². The lowest BCUT2D eigenvalue weighted by atomic mass is 9.82. The highest BCUT2D eigenvalue weighted by Crippen LogP contribution is 2.35. The summed E-state index contributed by atoms with van der Waals surface area (Å²) in [5, 5.41) is 16.7. The zero-order chi connectivity index (χ0) is 22.8. The third kappa shape index (κ3) is 4.81. The highest BCUT2D eigenvalue weighted by atomic mass is 35.5. The number of halogens is 1. The van der Waals surface area contributed by atoms with Crippen LogP contribution in [0.2, 0.25) is 0 Å². The number of alkyl halides is 1. The Labute approximate surface area is 201 Å². The summed E-state index contributed by atoms with van der Waals surface area (Å²) in [4.78, 5) is 12.6. The van der Waals surface area contributed by atoms with Crippen molar-refractivity contribution in [2.24, 2.45) is 5.92 Å². The summed E-state index contributed by atoms with van der Waals surface area (Å²) in [6.45, 7) is 0.882. The molecule has 4 N–H and O–H groups in total. The first-order chi connectivity index (χ1) is 16.1. The van der Waals surface area contributed by atoms with Gasteiger partial charge in [-0.25, -0.2) is 0 Å². The number of carbonyl (C=O) groups is 1. The van der Waals surface area contributed by atoms with Crippen LogP contribution in [0.4, 0.5) is 10.8 Å². The van der Waals surface area contributed by atoms with E-state index < -0.39 is 0 Å². The van der Waals surface area contributed by atoms with Crippen LogP contribution in [0.15, 0.2) is 48.5 Å². The average Bonchev–Trinajstić information content (AvgIpc) is 3.51. The zero-order valence-corrected chi connectivity index (χ0v) is 19.6. The molecule has 172 valence electrons. The summed E-state index contributed by atoms with van der Waals surface area (Å²) in [5.41, 5.74) is 8.63. The van der Waals surface area contributed by atoms with Gasteiger partial charge in [-0.3, -0.25) is 15.6 Å². The quantitative estimate of drug-likeness (QED) is 0.395. The lowest BCUT2D eigenvalue weighted by molar-refractivity contribution is 0.102. The second kappa shape index (κ2) is 9.64. The molecule has 0 bridgehead atoms. The van der Waals surface area contributed by atoms with Crippen molar-refractivity contribution in [2.45, 2.75) is 30.3 Å². The van der Waals surface area contributed by atoms with Gasteiger partial charge in [-0.2, -0.15) is 0 Å². The molecule has 33 heavy (non-hydrogen) atoms. The van der Waals surface area contributed by atoms with E-state index in [9.17, 15) is 4.79 Å². The van der Waals surface area contributed by atoms with E-state index in [-0.39, 0.29) is 17.3 Å². The SMILES string of the molecule is COc1cccc(C(=O)Nc2cccc(-c3nnc(NC4CCC5NNCC5C4Cl)s3)c2)c1. The molecule has 1 amide bonds. The molecule has 3 aromatic rings. The summed E-state index contributed by atoms with van der Waals surface area (Å²) >= 11 is 8.25. The second-order valence-corrected chi connectivity index (χ2v) is 9.73. The predicted octanol–water partition coefficient (Wildman–Crippen LogP) is 3.74. The number of hydrogen-bond acceptors (Lipinski definition) is 8. The van der Waals surface area contributed by atoms with Crippen LogP contribution in [0, 0.1) is 5.92 Å². The van der Waals surface area contributed by atoms with E-state index in [0.717, 1.165) is 35.1 Å². The Kier molecular flexibility index (Phi) is 6.45. The van der Waals surface area contributed by atoms with Crippen LogP contribution in [0.1, 0.15) is 23.2 Å². The maximum atomic E-state index is 12.6. The monoisotopic (exact) mass is 484 g/mol. The molecule has 2 aliphatic rings. The van der Waals surface area contributed by atoms with Gasteiger partial charge in [0, 0.05) is 41.4 Å². The largest absolute Gasteiger partial charge is 0.497 e. The number of hydrogen-bond donors (Lipinski definition) is 4. The Morgan fingerprint density at radius 1 is 1.18 bits per heavy atom. The fourth-order valence-corrected chi connectivity index (χ4v) is 5.66. The van der Waals surface area contributed by atoms with Crippen LogP contribution in [-0.4, -0.2) is 47.2 Å². The first-order valence-corrected chi connectivity index (χ1v) is 12.1. The van der Waals surface area contributed by atoms with Gasteiger partial charge < -0.3 is 15.4 Å². The minimum atomic E-state index is -0.203. The van der Waals surface area contributed by atoms with Crippen molar-refractivity contribution in [3.05, 3.63) is 54.1 Å². The van der Waals surface area contributed by atoms with Crippen molar-refractivity contribution in [2.75, 3.05) is 24.3 Å². The standard InChI is InChI=1S/C23H25ClN6O2S/c1-32-16-7-3-4-13(11-16)21(31)26-15-6-2-5-14(10-15)22-29-30-23(33-22)27-19-9-8-18-17(20(19)24)12-25-28-18/h2-7,10-11,17-20,25,28H,8-9,12H2,1H3,(H,26,31)(H,27,30). The minimum Gasteiger partial charge on any atom is -0.497 e. The van der Waals surface area contributed by atoms with Gasteiger partial charge in [-0.1, -0.05) is 29.5 Å². The van der Waals surface area contributed by atoms with E-state index in [4.69, 9.17) is 16.3 Å². The molecule has 1 saturated heterocycles. The molecule has 1 saturated carbocycles. The van der Waals surface area contributed by atoms with Crippen LogP contribution >= 0.6 is 22.9 Å². The fraction of sp³-hybridized carbons (Fsp3) is 0.348. The molecule has 0 radical (unpaired) electrons. The Bertz CT molecular complexity index is 1140. The molecule has 4 unspecified atom stereocenters. The molecule has 1 aromatic heterocycles. The number of hydrazine groups is 1. The molecule has 1 aliphatic carbocycles. The van der Waals surface area contributed by atoms with E-state index in [2.05, 4.69) is 31.7 Å². The van der Waals surface area contributed by atoms with Gasteiger partial charge in [0.1, 0.15) is 10.8 Å². The Balaban J connectivity index is 1.26. The van der Waals surface area contributed by atoms with Crippen LogP contribution in [0.3, 0.4) is 0 Å². The van der Waals surface area contributed by atoms with Gasteiger partial charge in [-0.05, 0) is 43.2 Å². The molecular formula is C23H25ClN6O2S. The van der Waals surface area contributed by atoms with Crippen molar-refractivity contribution < 1.29 is 9.53 Å². The highest BCUT2D eigenvalue weighted by Gasteiger charge is 2.41. The third-order valence-corrected chi connectivity index (χ3v) is 7.69. The van der Waals surface area contributed by atoms with Crippen LogP contribution in [0.25, 0.3) is 10.6 Å². The Hall–Kier alpha value is -2.72. The van der Waals surface area contributed by atoms with Gasteiger partial charge in [0.25, 0.3) is 5.91 Å². The molecule has 2 heterocycles. The summed E-state index contributed by atoms with van der Waals surface area (Å²) in [5.74, 6) is 0.832. The number of aromatic nitrogens is 2. The van der Waals surface area contributed by atoms with Crippen molar-refractivity contribution >= 4 is 39.7 Å². The van der Waals surface area contributed by atoms with Gasteiger partial charge in [0.05, 0.1) is 12.5 Å². The van der Waals surface area contributed by atoms with Crippen molar-refractivity contribution in [1.29, 1.82) is 0 Å². The summed E-state index contributed by atoms with van der Waals surface area (Å²) in [6, 6.07) is 15.2. The molecule has 0 spiro atoms. The molecule has 2 fully saturated rings. The molecule has 4 atom stereocenters. The maximum absolute atomic E-state index is 12.6. The Morgan fingerprint density at radius 3 is 2.94 bits per heavy atom. The van der Waals surface area contributed by atoms with E-state index in [1.807, 2.05) is 24.3 Å². The lowest BCUT2D eigenvalue weighted by Crippen LogP contribution is -2.47. The number of ether oxygens (including phenoxy) is 1. The third-order valence-electron chi connectivity index (χ3n) is 6.16. The normalized spacial score (nSPS) is 24.2. The topological polar surface area (TPSA) is 100 Å². The number of carbonyl (C=O) groups excluding carboxylic acids is 1. The summed E-state index contributed by atoms with van der Waals surface area (Å²) in [6.07, 6.45) is 2.05. The molecule has 2 aromatic carbocycles. The van der Waals surface area contributed by atoms with E-state index >= 15 is 0 Å². The van der Waals surface area contributed by atoms with Gasteiger partial charge >= 0.3 is 0 Å². The van der Waals surface area contributed by atoms with E-state index in [0.29, 0.717) is 29.0 Å². The first kappa shape index (κ1) is 22.1. The molecule has 10 heteroatoms. The van der Waals surface area contributed by atoms with Gasteiger partial charge in [0.2, 0.25) is 5.13 Å². The molecule has 5 rings (SSSR count). The lowest BCUT2D eigenvalue weighted by Gasteiger charge is -2.35. The highest BCUT2D eigenvalue weighted by molar-refractivity contribution is 7.18. The predicted molar refractivity (Wildman–Crippen MR) is 131 cm³/mol. The van der Waals surface area contributed by atoms with Crippen molar-refractivity contribution in [1.82, 2.24) is 21.0 Å². The van der Waals surface area contributed by atoms with Crippen LogP contribution in [-0.2, 0) is 0 Å². The maximum Gasteiger partial charge on any atom is 0.255 e. The second-order valence-electron chi connectivity index (χ2n) is 8.25. The summed E-state index contributed by atoms with van der Waals surface area (Å²) in [7, 11) is 1.58. The Morgan fingerprint density at radius 2 is 2.06 bits per heavy atom.